The van der Waals surface area contributed by atoms with Crippen LogP contribution >= 0.6 is 46.3 Å². The Morgan fingerprint density at radius 1 is 0.846 bits per heavy atom. The quantitative estimate of drug-likeness (QED) is 0.0737. The van der Waals surface area contributed by atoms with Gasteiger partial charge in [0.2, 0.25) is 5.91 Å². The summed E-state index contributed by atoms with van der Waals surface area (Å²) in [5.41, 5.74) is 2.50. The van der Waals surface area contributed by atoms with Gasteiger partial charge in [-0.25, -0.2) is 0 Å². The van der Waals surface area contributed by atoms with Crippen molar-refractivity contribution in [2.75, 3.05) is 16.0 Å². The summed E-state index contributed by atoms with van der Waals surface area (Å²) >= 11 is 14.8. The van der Waals surface area contributed by atoms with E-state index >= 15 is 0 Å². The summed E-state index contributed by atoms with van der Waals surface area (Å²) in [6.07, 6.45) is 1.91. The minimum absolute atomic E-state index is 0.0571. The van der Waals surface area contributed by atoms with Gasteiger partial charge in [0.25, 0.3) is 17.7 Å². The second-order valence-electron chi connectivity index (χ2n) is 11.2. The van der Waals surface area contributed by atoms with E-state index in [1.54, 1.807) is 97.9 Å². The molecule has 0 bridgehead atoms. The fourth-order valence-electron chi connectivity index (χ4n) is 4.90. The van der Waals surface area contributed by atoms with Gasteiger partial charge in [-0.3, -0.25) is 19.2 Å². The number of anilines is 3. The summed E-state index contributed by atoms with van der Waals surface area (Å²) < 4.78 is 0. The molecule has 0 aliphatic heterocycles. The molecule has 0 radical (unpaired) electrons. The minimum atomic E-state index is -0.605. The van der Waals surface area contributed by atoms with Crippen LogP contribution in [0.2, 0.25) is 10.0 Å². The molecule has 13 heteroatoms. The molecular formula is C39H31Cl2N5O4S2. The second-order valence-corrected chi connectivity index (χ2v) is 14.4. The van der Waals surface area contributed by atoms with Gasteiger partial charge >= 0.3 is 0 Å². The molecule has 0 aliphatic rings. The fraction of sp³-hybridized carbons (Fsp3) is 0.103. The molecule has 4 amide bonds. The van der Waals surface area contributed by atoms with Crippen molar-refractivity contribution in [2.24, 2.45) is 0 Å². The molecule has 1 heterocycles. The molecular weight excluding hydrogens is 737 g/mol. The molecule has 9 nitrogen and oxygen atoms in total. The van der Waals surface area contributed by atoms with Gasteiger partial charge < -0.3 is 21.3 Å². The Morgan fingerprint density at radius 2 is 1.54 bits per heavy atom. The molecule has 4 N–H and O–H groups in total. The van der Waals surface area contributed by atoms with Gasteiger partial charge in [-0.2, -0.15) is 5.26 Å². The Balaban J connectivity index is 1.31. The highest BCUT2D eigenvalue weighted by Crippen LogP contribution is 2.35. The monoisotopic (exact) mass is 767 g/mol. The maximum absolute atomic E-state index is 13.6. The molecule has 1 aromatic heterocycles. The van der Waals surface area contributed by atoms with Gasteiger partial charge in [-0.05, 0) is 85.1 Å². The van der Waals surface area contributed by atoms with Crippen LogP contribution in [0.4, 0.5) is 16.4 Å². The second kappa shape index (κ2) is 17.7. The van der Waals surface area contributed by atoms with Crippen LogP contribution in [-0.4, -0.2) is 28.9 Å². The smallest absolute Gasteiger partial charge is 0.272 e. The van der Waals surface area contributed by atoms with E-state index in [1.165, 1.54) is 23.9 Å². The number of carbonyl (C=O) groups is 4. The van der Waals surface area contributed by atoms with E-state index in [9.17, 15) is 24.4 Å². The van der Waals surface area contributed by atoms with Gasteiger partial charge in [0.15, 0.2) is 0 Å². The van der Waals surface area contributed by atoms with E-state index < -0.39 is 17.1 Å². The van der Waals surface area contributed by atoms with Crippen LogP contribution < -0.4 is 21.3 Å². The van der Waals surface area contributed by atoms with Gasteiger partial charge in [-0.15, -0.1) is 23.1 Å². The zero-order valence-corrected chi connectivity index (χ0v) is 31.0. The molecule has 52 heavy (non-hydrogen) atoms. The van der Waals surface area contributed by atoms with Crippen LogP contribution in [0.15, 0.2) is 114 Å². The number of halogens is 2. The Bertz CT molecular complexity index is 2200. The predicted octanol–water partition coefficient (Wildman–Crippen LogP) is 9.41. The molecule has 0 saturated heterocycles. The highest BCUT2D eigenvalue weighted by atomic mass is 35.5. The highest BCUT2D eigenvalue weighted by molar-refractivity contribution is 8.00. The highest BCUT2D eigenvalue weighted by Gasteiger charge is 2.25. The predicted molar refractivity (Wildman–Crippen MR) is 210 cm³/mol. The lowest BCUT2D eigenvalue weighted by Gasteiger charge is -2.16. The molecule has 5 rings (SSSR count). The van der Waals surface area contributed by atoms with Crippen molar-refractivity contribution in [1.29, 1.82) is 5.26 Å². The zero-order chi connectivity index (χ0) is 37.2. The first-order valence-corrected chi connectivity index (χ1v) is 18.3. The molecule has 0 spiro atoms. The van der Waals surface area contributed by atoms with E-state index in [-0.39, 0.29) is 23.1 Å². The largest absolute Gasteiger partial charge is 0.321 e. The molecule has 0 saturated carbocycles. The first kappa shape index (κ1) is 37.9. The molecule has 0 aliphatic carbocycles. The van der Waals surface area contributed by atoms with Gasteiger partial charge in [0, 0.05) is 31.9 Å². The number of nitrogens with one attached hydrogen (secondary N) is 4. The summed E-state index contributed by atoms with van der Waals surface area (Å²) in [4.78, 5) is 54.2. The first-order chi connectivity index (χ1) is 25.1. The van der Waals surface area contributed by atoms with Crippen LogP contribution in [0.5, 0.6) is 0 Å². The van der Waals surface area contributed by atoms with Crippen molar-refractivity contribution in [3.63, 3.8) is 0 Å². The summed E-state index contributed by atoms with van der Waals surface area (Å²) in [5.74, 6) is -1.81. The van der Waals surface area contributed by atoms with Crippen LogP contribution in [0.1, 0.15) is 50.1 Å². The molecule has 1 atom stereocenters. The van der Waals surface area contributed by atoms with E-state index in [4.69, 9.17) is 23.2 Å². The topological polar surface area (TPSA) is 140 Å². The number of thioether (sulfide) groups is 1. The Labute approximate surface area is 319 Å². The van der Waals surface area contributed by atoms with Crippen molar-refractivity contribution in [3.05, 3.63) is 146 Å². The van der Waals surface area contributed by atoms with E-state index in [2.05, 4.69) is 27.3 Å². The molecule has 1 unspecified atom stereocenters. The van der Waals surface area contributed by atoms with E-state index in [0.29, 0.717) is 59.3 Å². The SMILES string of the molecule is CCC(Sc1cccc(NC(=O)/C(=C\c2ccc(Cl)cc2Cl)NC(=O)c2ccccc2)c1)C(=O)Nc1sc(C(=O)Nc2ccccc2)c(C)c1C#N. The number of benzene rings is 4. The van der Waals surface area contributed by atoms with Crippen molar-refractivity contribution >= 4 is 92.4 Å². The number of thiophene rings is 1. The summed E-state index contributed by atoms with van der Waals surface area (Å²) in [6, 6.07) is 31.3. The molecule has 262 valence electrons. The van der Waals surface area contributed by atoms with Crippen LogP contribution in [-0.2, 0) is 9.59 Å². The standard InChI is InChI=1S/C39H31Cl2N5O4S2/c1-3-33(37(49)46-39-30(22-42)23(2)34(52-39)38(50)43-27-13-8-5-9-14-27)51-29-16-10-15-28(21-29)44-36(48)32(19-25-17-18-26(40)20-31(25)41)45-35(47)24-11-6-4-7-12-24/h4-21,33H,3H2,1-2H3,(H,43,50)(H,44,48)(H,45,47)(H,46,49)/b32-19+. The van der Waals surface area contributed by atoms with Crippen LogP contribution in [0.3, 0.4) is 0 Å². The van der Waals surface area contributed by atoms with Crippen LogP contribution in [0, 0.1) is 18.3 Å². The maximum atomic E-state index is 13.6. The average molecular weight is 769 g/mol. The minimum Gasteiger partial charge on any atom is -0.321 e. The van der Waals surface area contributed by atoms with Crippen molar-refractivity contribution in [1.82, 2.24) is 5.32 Å². The zero-order valence-electron chi connectivity index (χ0n) is 27.8. The number of para-hydroxylation sites is 1. The van der Waals surface area contributed by atoms with Crippen molar-refractivity contribution in [3.8, 4) is 6.07 Å². The third-order valence-corrected chi connectivity index (χ3v) is 10.7. The number of rotatable bonds is 12. The first-order valence-electron chi connectivity index (χ1n) is 15.9. The maximum Gasteiger partial charge on any atom is 0.272 e. The number of hydrogen-bond donors (Lipinski definition) is 4. The average Bonchev–Trinajstić information content (AvgIpc) is 3.46. The summed E-state index contributed by atoms with van der Waals surface area (Å²) in [6.45, 7) is 3.54. The molecule has 5 aromatic rings. The third-order valence-electron chi connectivity index (χ3n) is 7.56. The number of hydrogen-bond acceptors (Lipinski definition) is 7. The Kier molecular flexibility index (Phi) is 12.9. The lowest BCUT2D eigenvalue weighted by Crippen LogP contribution is -2.30. The number of nitriles is 1. The normalized spacial score (nSPS) is 11.6. The van der Waals surface area contributed by atoms with E-state index in [1.807, 2.05) is 13.0 Å². The third kappa shape index (κ3) is 9.69. The number of carbonyl (C=O) groups excluding carboxylic acids is 4. The molecule has 0 fully saturated rings. The lowest BCUT2D eigenvalue weighted by molar-refractivity contribution is -0.116. The summed E-state index contributed by atoms with van der Waals surface area (Å²) in [7, 11) is 0. The fourth-order valence-corrected chi connectivity index (χ4v) is 7.43. The van der Waals surface area contributed by atoms with Gasteiger partial charge in [0.05, 0.1) is 15.7 Å². The van der Waals surface area contributed by atoms with Gasteiger partial charge in [0.1, 0.15) is 16.8 Å². The van der Waals surface area contributed by atoms with E-state index in [0.717, 1.165) is 11.3 Å². The number of amides is 4. The van der Waals surface area contributed by atoms with Crippen molar-refractivity contribution < 1.29 is 19.2 Å². The Hall–Kier alpha value is -5.38. The lowest BCUT2D eigenvalue weighted by atomic mass is 10.1. The van der Waals surface area contributed by atoms with Crippen molar-refractivity contribution in [2.45, 2.75) is 30.4 Å². The molecule has 4 aromatic carbocycles. The number of nitrogens with zero attached hydrogens (tertiary/aromatic N) is 1. The Morgan fingerprint density at radius 3 is 2.21 bits per heavy atom. The van der Waals surface area contributed by atoms with Gasteiger partial charge in [-0.1, -0.05) is 78.7 Å². The summed E-state index contributed by atoms with van der Waals surface area (Å²) in [5, 5.41) is 21.5. The van der Waals surface area contributed by atoms with Crippen LogP contribution in [0.25, 0.3) is 6.08 Å².